The first-order valence-electron chi connectivity index (χ1n) is 11.3. The number of sulfonamides is 1. The number of rotatable bonds is 5. The van der Waals surface area contributed by atoms with E-state index in [4.69, 9.17) is 5.14 Å². The Kier molecular flexibility index (Phi) is 5.44. The number of halogens is 2. The molecule has 2 atom stereocenters. The third kappa shape index (κ3) is 4.24. The molecule has 0 aromatic heterocycles. The predicted molar refractivity (Wildman–Crippen MR) is 121 cm³/mol. The van der Waals surface area contributed by atoms with E-state index in [1.165, 1.54) is 18.2 Å². The molecule has 3 aliphatic rings. The molecular weight excluding hydrogens is 448 g/mol. The second-order valence-corrected chi connectivity index (χ2v) is 11.3. The first kappa shape index (κ1) is 22.3. The Labute approximate surface area is 192 Å². The summed E-state index contributed by atoms with van der Waals surface area (Å²) in [6.07, 6.45) is 2.79. The molecule has 2 aromatic rings. The molecule has 2 amide bonds. The van der Waals surface area contributed by atoms with Gasteiger partial charge in [0.15, 0.2) is 0 Å². The number of carbonyl (C=O) groups is 1. The molecule has 2 aromatic carbocycles. The Balaban J connectivity index is 1.51. The fourth-order valence-corrected chi connectivity index (χ4v) is 6.50. The Bertz CT molecular complexity index is 1200. The Morgan fingerprint density at radius 2 is 1.85 bits per heavy atom. The number of amides is 2. The number of urea groups is 1. The van der Waals surface area contributed by atoms with Crippen LogP contribution in [0.1, 0.15) is 24.8 Å². The van der Waals surface area contributed by atoms with Gasteiger partial charge in [-0.05, 0) is 54.4 Å². The number of benzene rings is 2. The smallest absolute Gasteiger partial charge is 0.320 e. The lowest BCUT2D eigenvalue weighted by atomic mass is 9.86. The van der Waals surface area contributed by atoms with Crippen molar-refractivity contribution >= 4 is 16.1 Å². The SMILES string of the molecule is NS(=O)(=O)CC1C(Cc2cccc(-c3cccc(F)c3)c2F)N(C(=O)N2CCC2)CC12CC2. The van der Waals surface area contributed by atoms with E-state index in [2.05, 4.69) is 0 Å². The summed E-state index contributed by atoms with van der Waals surface area (Å²) in [7, 11) is -3.78. The molecule has 2 unspecified atom stereocenters. The minimum Gasteiger partial charge on any atom is -0.325 e. The molecule has 9 heteroatoms. The van der Waals surface area contributed by atoms with E-state index < -0.39 is 27.7 Å². The van der Waals surface area contributed by atoms with Gasteiger partial charge in [-0.1, -0.05) is 30.3 Å². The summed E-state index contributed by atoms with van der Waals surface area (Å²) in [5, 5.41) is 5.43. The molecule has 33 heavy (non-hydrogen) atoms. The highest BCUT2D eigenvalue weighted by Crippen LogP contribution is 2.59. The third-order valence-corrected chi connectivity index (χ3v) is 8.28. The van der Waals surface area contributed by atoms with E-state index in [1.807, 2.05) is 0 Å². The Hall–Kier alpha value is -2.52. The quantitative estimate of drug-likeness (QED) is 0.720. The molecule has 2 aliphatic heterocycles. The van der Waals surface area contributed by atoms with Crippen molar-refractivity contribution in [2.24, 2.45) is 16.5 Å². The second kappa shape index (κ2) is 8.06. The maximum atomic E-state index is 15.6. The predicted octanol–water partition coefficient (Wildman–Crippen LogP) is 3.37. The third-order valence-electron chi connectivity index (χ3n) is 7.46. The number of carbonyl (C=O) groups excluding carboxylic acids is 1. The molecule has 6 nitrogen and oxygen atoms in total. The highest BCUT2D eigenvalue weighted by molar-refractivity contribution is 7.89. The maximum absolute atomic E-state index is 15.6. The zero-order chi connectivity index (χ0) is 23.4. The van der Waals surface area contributed by atoms with Crippen LogP contribution in [0.15, 0.2) is 42.5 Å². The van der Waals surface area contributed by atoms with Crippen LogP contribution >= 0.6 is 0 Å². The average molecular weight is 476 g/mol. The summed E-state index contributed by atoms with van der Waals surface area (Å²) in [5.41, 5.74) is 0.804. The van der Waals surface area contributed by atoms with Crippen molar-refractivity contribution < 1.29 is 22.0 Å². The van der Waals surface area contributed by atoms with Crippen LogP contribution in [0.25, 0.3) is 11.1 Å². The van der Waals surface area contributed by atoms with Gasteiger partial charge in [-0.25, -0.2) is 27.1 Å². The monoisotopic (exact) mass is 475 g/mol. The van der Waals surface area contributed by atoms with Gasteiger partial charge >= 0.3 is 6.03 Å². The molecular formula is C24H27F2N3O3S. The van der Waals surface area contributed by atoms with Gasteiger partial charge in [-0.3, -0.25) is 0 Å². The van der Waals surface area contributed by atoms with Gasteiger partial charge in [0.1, 0.15) is 11.6 Å². The van der Waals surface area contributed by atoms with Crippen molar-refractivity contribution in [3.63, 3.8) is 0 Å². The van der Waals surface area contributed by atoms with Crippen LogP contribution in [0.4, 0.5) is 13.6 Å². The zero-order valence-corrected chi connectivity index (χ0v) is 19.0. The largest absolute Gasteiger partial charge is 0.325 e. The molecule has 3 fully saturated rings. The van der Waals surface area contributed by atoms with Crippen LogP contribution in [0.2, 0.25) is 0 Å². The summed E-state index contributed by atoms with van der Waals surface area (Å²) in [4.78, 5) is 16.7. The van der Waals surface area contributed by atoms with Gasteiger partial charge < -0.3 is 9.80 Å². The van der Waals surface area contributed by atoms with Crippen molar-refractivity contribution in [2.75, 3.05) is 25.4 Å². The first-order valence-corrected chi connectivity index (χ1v) is 13.0. The van der Waals surface area contributed by atoms with Crippen LogP contribution in [-0.4, -0.2) is 55.7 Å². The molecule has 0 bridgehead atoms. The molecule has 1 saturated carbocycles. The zero-order valence-electron chi connectivity index (χ0n) is 18.2. The van der Waals surface area contributed by atoms with Crippen molar-refractivity contribution in [1.82, 2.24) is 9.80 Å². The topological polar surface area (TPSA) is 83.7 Å². The second-order valence-electron chi connectivity index (χ2n) is 9.61. The highest BCUT2D eigenvalue weighted by Gasteiger charge is 2.61. The van der Waals surface area contributed by atoms with E-state index >= 15 is 4.39 Å². The van der Waals surface area contributed by atoms with E-state index in [0.29, 0.717) is 30.8 Å². The normalized spacial score (nSPS) is 23.6. The van der Waals surface area contributed by atoms with Crippen molar-refractivity contribution in [3.8, 4) is 11.1 Å². The lowest BCUT2D eigenvalue weighted by Gasteiger charge is -2.37. The fraction of sp³-hybridized carbons (Fsp3) is 0.458. The van der Waals surface area contributed by atoms with Gasteiger partial charge in [0.25, 0.3) is 0 Å². The van der Waals surface area contributed by atoms with Crippen molar-refractivity contribution in [2.45, 2.75) is 31.7 Å². The van der Waals surface area contributed by atoms with Gasteiger partial charge in [0, 0.05) is 37.2 Å². The number of primary sulfonamides is 1. The lowest BCUT2D eigenvalue weighted by Crippen LogP contribution is -2.52. The number of likely N-dealkylation sites (tertiary alicyclic amines) is 2. The minimum absolute atomic E-state index is 0.115. The first-order chi connectivity index (χ1) is 15.7. The van der Waals surface area contributed by atoms with Crippen LogP contribution in [0.3, 0.4) is 0 Å². The van der Waals surface area contributed by atoms with Crippen LogP contribution in [-0.2, 0) is 16.4 Å². The van der Waals surface area contributed by atoms with E-state index in [0.717, 1.165) is 19.3 Å². The number of hydrogen-bond donors (Lipinski definition) is 1. The number of nitrogens with zero attached hydrogens (tertiary/aromatic N) is 2. The molecule has 1 spiro atoms. The Morgan fingerprint density at radius 1 is 1.12 bits per heavy atom. The van der Waals surface area contributed by atoms with Crippen LogP contribution in [0, 0.1) is 23.0 Å². The summed E-state index contributed by atoms with van der Waals surface area (Å²) < 4.78 is 53.5. The lowest BCUT2D eigenvalue weighted by molar-refractivity contribution is 0.118. The van der Waals surface area contributed by atoms with E-state index in [9.17, 15) is 17.6 Å². The number of hydrogen-bond acceptors (Lipinski definition) is 3. The van der Waals surface area contributed by atoms with Crippen molar-refractivity contribution in [1.29, 1.82) is 0 Å². The summed E-state index contributed by atoms with van der Waals surface area (Å²) in [5.74, 6) is -1.52. The standard InChI is InChI=1S/C24H27F2N3O3S/c25-18-6-1-4-16(12-18)19-7-2-5-17(22(19)26)13-21-20(14-33(27,31)32)24(8-9-24)15-29(21)23(30)28-10-3-11-28/h1-2,4-7,12,20-21H,3,8-11,13-15H2,(H2,27,31,32). The van der Waals surface area contributed by atoms with Gasteiger partial charge in [0.2, 0.25) is 10.0 Å². The van der Waals surface area contributed by atoms with E-state index in [-0.39, 0.29) is 35.1 Å². The average Bonchev–Trinajstić information content (AvgIpc) is 3.43. The van der Waals surface area contributed by atoms with Crippen molar-refractivity contribution in [3.05, 3.63) is 59.7 Å². The Morgan fingerprint density at radius 3 is 2.45 bits per heavy atom. The molecule has 0 radical (unpaired) electrons. The van der Waals surface area contributed by atoms with Crippen LogP contribution in [0.5, 0.6) is 0 Å². The van der Waals surface area contributed by atoms with Crippen LogP contribution < -0.4 is 5.14 Å². The summed E-state index contributed by atoms with van der Waals surface area (Å²) in [6.45, 7) is 1.83. The fourth-order valence-electron chi connectivity index (χ4n) is 5.42. The van der Waals surface area contributed by atoms with Gasteiger partial charge in [-0.2, -0.15) is 0 Å². The maximum Gasteiger partial charge on any atom is 0.320 e. The molecule has 176 valence electrons. The molecule has 1 aliphatic carbocycles. The van der Waals surface area contributed by atoms with Gasteiger partial charge in [-0.15, -0.1) is 0 Å². The number of nitrogens with two attached hydrogens (primary N) is 1. The molecule has 2 N–H and O–H groups in total. The highest BCUT2D eigenvalue weighted by atomic mass is 32.2. The molecule has 2 saturated heterocycles. The van der Waals surface area contributed by atoms with E-state index in [1.54, 1.807) is 34.1 Å². The molecule has 2 heterocycles. The summed E-state index contributed by atoms with van der Waals surface area (Å²) in [6, 6.07) is 10.1. The van der Waals surface area contributed by atoms with Gasteiger partial charge in [0.05, 0.1) is 5.75 Å². The molecule has 5 rings (SSSR count). The minimum atomic E-state index is -3.78. The summed E-state index contributed by atoms with van der Waals surface area (Å²) >= 11 is 0.